The lowest BCUT2D eigenvalue weighted by molar-refractivity contribution is 0.169. The highest BCUT2D eigenvalue weighted by atomic mass is 79.9. The molecular formula is C14H13BrFNO2. The van der Waals surface area contributed by atoms with E-state index in [9.17, 15) is 9.50 Å². The number of hydrogen-bond donors (Lipinski definition) is 1. The van der Waals surface area contributed by atoms with E-state index in [0.717, 1.165) is 0 Å². The summed E-state index contributed by atoms with van der Waals surface area (Å²) in [6.07, 6.45) is 1.53. The number of aliphatic hydroxyl groups excluding tert-OH is 1. The SMILES string of the molecule is CC[C@@H](O)c1ccc(Oc2cc(F)ccc2Br)cn1. The van der Waals surface area contributed by atoms with Gasteiger partial charge in [-0.1, -0.05) is 6.92 Å². The summed E-state index contributed by atoms with van der Waals surface area (Å²) in [6.45, 7) is 1.88. The van der Waals surface area contributed by atoms with E-state index < -0.39 is 6.10 Å². The minimum absolute atomic E-state index is 0.371. The molecule has 19 heavy (non-hydrogen) atoms. The summed E-state index contributed by atoms with van der Waals surface area (Å²) in [5.41, 5.74) is 0.591. The molecule has 0 radical (unpaired) electrons. The third kappa shape index (κ3) is 3.52. The fourth-order valence-corrected chi connectivity index (χ4v) is 1.87. The molecule has 0 aliphatic rings. The van der Waals surface area contributed by atoms with Crippen LogP contribution in [0.4, 0.5) is 4.39 Å². The molecule has 1 aromatic heterocycles. The van der Waals surface area contributed by atoms with Crippen molar-refractivity contribution in [3.05, 3.63) is 52.5 Å². The van der Waals surface area contributed by atoms with E-state index in [4.69, 9.17) is 4.74 Å². The van der Waals surface area contributed by atoms with Crippen molar-refractivity contribution in [1.29, 1.82) is 0 Å². The highest BCUT2D eigenvalue weighted by Crippen LogP contribution is 2.30. The molecule has 1 atom stereocenters. The Labute approximate surface area is 119 Å². The van der Waals surface area contributed by atoms with E-state index >= 15 is 0 Å². The number of pyridine rings is 1. The maximum absolute atomic E-state index is 13.1. The molecule has 0 amide bonds. The molecule has 1 heterocycles. The Morgan fingerprint density at radius 3 is 2.79 bits per heavy atom. The van der Waals surface area contributed by atoms with Crippen LogP contribution in [0, 0.1) is 5.82 Å². The first-order valence-electron chi connectivity index (χ1n) is 5.87. The van der Waals surface area contributed by atoms with Crippen LogP contribution in [0.3, 0.4) is 0 Å². The maximum atomic E-state index is 13.1. The number of nitrogens with zero attached hydrogens (tertiary/aromatic N) is 1. The highest BCUT2D eigenvalue weighted by molar-refractivity contribution is 9.10. The van der Waals surface area contributed by atoms with Gasteiger partial charge in [0, 0.05) is 6.07 Å². The summed E-state index contributed by atoms with van der Waals surface area (Å²) < 4.78 is 19.3. The van der Waals surface area contributed by atoms with E-state index in [1.54, 1.807) is 18.2 Å². The predicted molar refractivity (Wildman–Crippen MR) is 73.7 cm³/mol. The summed E-state index contributed by atoms with van der Waals surface area (Å²) in [5, 5.41) is 9.63. The molecule has 100 valence electrons. The van der Waals surface area contributed by atoms with Gasteiger partial charge in [0.1, 0.15) is 17.3 Å². The van der Waals surface area contributed by atoms with E-state index in [-0.39, 0.29) is 5.82 Å². The van der Waals surface area contributed by atoms with Crippen molar-refractivity contribution in [3.63, 3.8) is 0 Å². The molecule has 3 nitrogen and oxygen atoms in total. The molecule has 0 fully saturated rings. The zero-order valence-electron chi connectivity index (χ0n) is 10.3. The third-order valence-corrected chi connectivity index (χ3v) is 3.26. The smallest absolute Gasteiger partial charge is 0.145 e. The van der Waals surface area contributed by atoms with Gasteiger partial charge in [0.2, 0.25) is 0 Å². The summed E-state index contributed by atoms with van der Waals surface area (Å²) >= 11 is 3.28. The number of ether oxygens (including phenoxy) is 1. The number of rotatable bonds is 4. The van der Waals surface area contributed by atoms with Gasteiger partial charge in [0.15, 0.2) is 0 Å². The Morgan fingerprint density at radius 1 is 1.37 bits per heavy atom. The molecule has 0 spiro atoms. The van der Waals surface area contributed by atoms with Gasteiger partial charge in [-0.2, -0.15) is 0 Å². The molecule has 2 rings (SSSR count). The van der Waals surface area contributed by atoms with Crippen LogP contribution in [-0.2, 0) is 0 Å². The van der Waals surface area contributed by atoms with Crippen LogP contribution in [0.1, 0.15) is 25.1 Å². The second-order valence-corrected chi connectivity index (χ2v) is 4.87. The molecule has 2 aromatic rings. The first-order valence-corrected chi connectivity index (χ1v) is 6.66. The lowest BCUT2D eigenvalue weighted by Crippen LogP contribution is -1.98. The molecule has 0 unspecified atom stereocenters. The maximum Gasteiger partial charge on any atom is 0.145 e. The van der Waals surface area contributed by atoms with E-state index in [1.165, 1.54) is 18.3 Å². The van der Waals surface area contributed by atoms with E-state index in [0.29, 0.717) is 28.1 Å². The molecule has 0 aliphatic heterocycles. The van der Waals surface area contributed by atoms with Crippen LogP contribution in [0.15, 0.2) is 41.0 Å². The lowest BCUT2D eigenvalue weighted by Gasteiger charge is -2.10. The first-order chi connectivity index (χ1) is 9.10. The highest BCUT2D eigenvalue weighted by Gasteiger charge is 2.08. The van der Waals surface area contributed by atoms with Crippen LogP contribution in [0.2, 0.25) is 0 Å². The van der Waals surface area contributed by atoms with Gasteiger partial charge in [0.05, 0.1) is 22.5 Å². The largest absolute Gasteiger partial charge is 0.454 e. The zero-order valence-corrected chi connectivity index (χ0v) is 11.9. The lowest BCUT2D eigenvalue weighted by atomic mass is 10.2. The second-order valence-electron chi connectivity index (χ2n) is 4.02. The molecule has 0 saturated carbocycles. The van der Waals surface area contributed by atoms with E-state index in [1.807, 2.05) is 6.92 Å². The monoisotopic (exact) mass is 325 g/mol. The van der Waals surface area contributed by atoms with Crippen molar-refractivity contribution in [1.82, 2.24) is 4.98 Å². The second kappa shape index (κ2) is 6.12. The van der Waals surface area contributed by atoms with E-state index in [2.05, 4.69) is 20.9 Å². The Kier molecular flexibility index (Phi) is 4.50. The Bertz CT molecular complexity index is 560. The number of aliphatic hydroxyl groups is 1. The van der Waals surface area contributed by atoms with Gasteiger partial charge in [-0.25, -0.2) is 4.39 Å². The molecule has 5 heteroatoms. The molecule has 0 saturated heterocycles. The predicted octanol–water partition coefficient (Wildman–Crippen LogP) is 4.22. The fourth-order valence-electron chi connectivity index (χ4n) is 1.54. The molecule has 0 aliphatic carbocycles. The van der Waals surface area contributed by atoms with Crippen LogP contribution in [-0.4, -0.2) is 10.1 Å². The van der Waals surface area contributed by atoms with Crippen LogP contribution in [0.25, 0.3) is 0 Å². The zero-order chi connectivity index (χ0) is 13.8. The molecule has 0 bridgehead atoms. The van der Waals surface area contributed by atoms with Gasteiger partial charge in [-0.05, 0) is 46.6 Å². The number of aromatic nitrogens is 1. The first kappa shape index (κ1) is 14.0. The average Bonchev–Trinajstić information content (AvgIpc) is 2.43. The fraction of sp³-hybridized carbons (Fsp3) is 0.214. The number of benzene rings is 1. The minimum atomic E-state index is -0.574. The van der Waals surface area contributed by atoms with Crippen LogP contribution >= 0.6 is 15.9 Å². The van der Waals surface area contributed by atoms with Crippen molar-refractivity contribution in [3.8, 4) is 11.5 Å². The molecule has 1 aromatic carbocycles. The summed E-state index contributed by atoms with van der Waals surface area (Å²) in [4.78, 5) is 4.11. The van der Waals surface area contributed by atoms with Crippen molar-refractivity contribution in [2.24, 2.45) is 0 Å². The molecular weight excluding hydrogens is 313 g/mol. The molecule has 1 N–H and O–H groups in total. The van der Waals surface area contributed by atoms with Gasteiger partial charge in [-0.15, -0.1) is 0 Å². The van der Waals surface area contributed by atoms with Gasteiger partial charge < -0.3 is 9.84 Å². The van der Waals surface area contributed by atoms with Crippen LogP contribution < -0.4 is 4.74 Å². The Balaban J connectivity index is 2.17. The van der Waals surface area contributed by atoms with Crippen molar-refractivity contribution < 1.29 is 14.2 Å². The van der Waals surface area contributed by atoms with Gasteiger partial charge in [-0.3, -0.25) is 4.98 Å². The third-order valence-electron chi connectivity index (χ3n) is 2.61. The van der Waals surface area contributed by atoms with Gasteiger partial charge in [0.25, 0.3) is 0 Å². The van der Waals surface area contributed by atoms with Crippen molar-refractivity contribution in [2.45, 2.75) is 19.4 Å². The summed E-state index contributed by atoms with van der Waals surface area (Å²) in [7, 11) is 0. The minimum Gasteiger partial charge on any atom is -0.454 e. The normalized spacial score (nSPS) is 12.2. The number of halogens is 2. The summed E-state index contributed by atoms with van der Waals surface area (Å²) in [5.74, 6) is 0.494. The van der Waals surface area contributed by atoms with Crippen molar-refractivity contribution >= 4 is 15.9 Å². The van der Waals surface area contributed by atoms with Crippen molar-refractivity contribution in [2.75, 3.05) is 0 Å². The van der Waals surface area contributed by atoms with Gasteiger partial charge >= 0.3 is 0 Å². The van der Waals surface area contributed by atoms with Crippen LogP contribution in [0.5, 0.6) is 11.5 Å². The Morgan fingerprint density at radius 2 is 2.16 bits per heavy atom. The quantitative estimate of drug-likeness (QED) is 0.915. The standard InChI is InChI=1S/C14H13BrFNO2/c1-2-13(18)12-6-4-10(8-17-12)19-14-7-9(16)3-5-11(14)15/h3-8,13,18H,2H2,1H3/t13-/m1/s1. The summed E-state index contributed by atoms with van der Waals surface area (Å²) in [6, 6.07) is 7.59. The number of hydrogen-bond acceptors (Lipinski definition) is 3. The topological polar surface area (TPSA) is 42.4 Å². The Hall–Kier alpha value is -1.46. The average molecular weight is 326 g/mol.